The Bertz CT molecular complexity index is 963. The highest BCUT2D eigenvalue weighted by Crippen LogP contribution is 2.36. The van der Waals surface area contributed by atoms with E-state index < -0.39 is 0 Å². The second-order valence-corrected chi connectivity index (χ2v) is 7.34. The van der Waals surface area contributed by atoms with E-state index in [9.17, 15) is 4.79 Å². The Balaban J connectivity index is 1.76. The molecule has 0 unspecified atom stereocenters. The van der Waals surface area contributed by atoms with Gasteiger partial charge >= 0.3 is 0 Å². The van der Waals surface area contributed by atoms with Crippen molar-refractivity contribution in [2.45, 2.75) is 13.0 Å². The summed E-state index contributed by atoms with van der Waals surface area (Å²) in [5.74, 6) is 0.651. The SMILES string of the molecule is COc1ccc(C(=O)c2sc3nc4c(cc3c2N)CN(C)CC4)cc1. The monoisotopic (exact) mass is 353 g/mol. The van der Waals surface area contributed by atoms with Crippen LogP contribution >= 0.6 is 11.3 Å². The number of nitrogen functional groups attached to an aromatic ring is 1. The largest absolute Gasteiger partial charge is 0.497 e. The van der Waals surface area contributed by atoms with Gasteiger partial charge in [0.25, 0.3) is 0 Å². The molecule has 1 aliphatic rings. The summed E-state index contributed by atoms with van der Waals surface area (Å²) in [5.41, 5.74) is 9.77. The lowest BCUT2D eigenvalue weighted by Gasteiger charge is -2.24. The molecule has 2 aromatic heterocycles. The molecule has 0 radical (unpaired) electrons. The van der Waals surface area contributed by atoms with Crippen LogP contribution in [0.2, 0.25) is 0 Å². The average Bonchev–Trinajstić information content (AvgIpc) is 2.95. The molecular weight excluding hydrogens is 334 g/mol. The number of aromatic nitrogens is 1. The van der Waals surface area contributed by atoms with Crippen molar-refractivity contribution in [3.8, 4) is 5.75 Å². The first kappa shape index (κ1) is 16.1. The molecule has 0 bridgehead atoms. The molecular formula is C19H19N3O2S. The van der Waals surface area contributed by atoms with Crippen LogP contribution in [0, 0.1) is 0 Å². The lowest BCUT2D eigenvalue weighted by Crippen LogP contribution is -2.27. The molecule has 4 rings (SSSR count). The predicted octanol–water partition coefficient (Wildman–Crippen LogP) is 3.11. The van der Waals surface area contributed by atoms with Gasteiger partial charge in [0.2, 0.25) is 5.78 Å². The number of likely N-dealkylation sites (N-methyl/N-ethyl adjacent to an activating group) is 1. The first-order valence-electron chi connectivity index (χ1n) is 8.15. The summed E-state index contributed by atoms with van der Waals surface area (Å²) in [4.78, 5) is 21.3. The maximum absolute atomic E-state index is 12.9. The molecule has 0 aliphatic carbocycles. The number of hydrogen-bond donors (Lipinski definition) is 1. The quantitative estimate of drug-likeness (QED) is 0.733. The lowest BCUT2D eigenvalue weighted by atomic mass is 10.0. The van der Waals surface area contributed by atoms with E-state index in [1.165, 1.54) is 16.9 Å². The molecule has 25 heavy (non-hydrogen) atoms. The number of carbonyl (C=O) groups excluding carboxylic acids is 1. The van der Waals surface area contributed by atoms with E-state index in [2.05, 4.69) is 18.0 Å². The molecule has 5 nitrogen and oxygen atoms in total. The van der Waals surface area contributed by atoms with Gasteiger partial charge in [0.05, 0.1) is 12.8 Å². The second kappa shape index (κ2) is 6.13. The number of rotatable bonds is 3. The topological polar surface area (TPSA) is 68.4 Å². The molecule has 128 valence electrons. The molecule has 2 N–H and O–H groups in total. The van der Waals surface area contributed by atoms with Crippen LogP contribution in [-0.4, -0.2) is 36.4 Å². The van der Waals surface area contributed by atoms with Crippen LogP contribution < -0.4 is 10.5 Å². The molecule has 3 heterocycles. The van der Waals surface area contributed by atoms with Crippen molar-refractivity contribution in [1.82, 2.24) is 9.88 Å². The van der Waals surface area contributed by atoms with E-state index in [1.807, 2.05) is 0 Å². The molecule has 0 fully saturated rings. The molecule has 0 atom stereocenters. The number of benzene rings is 1. The number of ketones is 1. The van der Waals surface area contributed by atoms with Gasteiger partial charge < -0.3 is 15.4 Å². The van der Waals surface area contributed by atoms with Crippen molar-refractivity contribution in [3.63, 3.8) is 0 Å². The molecule has 0 spiro atoms. The number of fused-ring (bicyclic) bond motifs is 2. The van der Waals surface area contributed by atoms with E-state index in [-0.39, 0.29) is 5.78 Å². The van der Waals surface area contributed by atoms with Crippen LogP contribution in [0.15, 0.2) is 30.3 Å². The first-order chi connectivity index (χ1) is 12.1. The van der Waals surface area contributed by atoms with Crippen molar-refractivity contribution in [3.05, 3.63) is 52.0 Å². The maximum atomic E-state index is 12.9. The summed E-state index contributed by atoms with van der Waals surface area (Å²) >= 11 is 1.38. The summed E-state index contributed by atoms with van der Waals surface area (Å²) in [6.45, 7) is 1.87. The number of pyridine rings is 1. The Morgan fingerprint density at radius 1 is 1.32 bits per heavy atom. The van der Waals surface area contributed by atoms with Crippen LogP contribution in [0.4, 0.5) is 5.69 Å². The fourth-order valence-electron chi connectivity index (χ4n) is 3.18. The van der Waals surface area contributed by atoms with E-state index in [0.29, 0.717) is 16.1 Å². The molecule has 0 saturated carbocycles. The minimum Gasteiger partial charge on any atom is -0.497 e. The minimum absolute atomic E-state index is 0.0711. The van der Waals surface area contributed by atoms with E-state index in [1.54, 1.807) is 31.4 Å². The predicted molar refractivity (Wildman–Crippen MR) is 100 cm³/mol. The summed E-state index contributed by atoms with van der Waals surface area (Å²) in [6.07, 6.45) is 0.932. The van der Waals surface area contributed by atoms with Crippen molar-refractivity contribution in [2.24, 2.45) is 0 Å². The van der Waals surface area contributed by atoms with Crippen LogP contribution in [0.5, 0.6) is 5.75 Å². The summed E-state index contributed by atoms with van der Waals surface area (Å²) in [5, 5.41) is 0.885. The van der Waals surface area contributed by atoms with Crippen LogP contribution in [0.25, 0.3) is 10.2 Å². The molecule has 3 aromatic rings. The zero-order chi connectivity index (χ0) is 17.6. The highest BCUT2D eigenvalue weighted by Gasteiger charge is 2.22. The molecule has 1 aliphatic heterocycles. The number of carbonyl (C=O) groups is 1. The van der Waals surface area contributed by atoms with Gasteiger partial charge in [-0.2, -0.15) is 0 Å². The van der Waals surface area contributed by atoms with Gasteiger partial charge in [-0.25, -0.2) is 4.98 Å². The zero-order valence-corrected chi connectivity index (χ0v) is 15.0. The Hall–Kier alpha value is -2.44. The minimum atomic E-state index is -0.0711. The van der Waals surface area contributed by atoms with Crippen molar-refractivity contribution in [1.29, 1.82) is 0 Å². The van der Waals surface area contributed by atoms with Crippen LogP contribution in [-0.2, 0) is 13.0 Å². The Morgan fingerprint density at radius 2 is 2.08 bits per heavy atom. The van der Waals surface area contributed by atoms with E-state index in [0.717, 1.165) is 41.2 Å². The third-order valence-electron chi connectivity index (χ3n) is 4.62. The standard InChI is InChI=1S/C19H19N3O2S/c1-22-8-7-15-12(10-22)9-14-16(20)18(25-19(14)21-15)17(23)11-3-5-13(24-2)6-4-11/h3-6,9H,7-8,10,20H2,1-2H3. The number of nitrogens with zero attached hydrogens (tertiary/aromatic N) is 2. The van der Waals surface area contributed by atoms with Crippen LogP contribution in [0.3, 0.4) is 0 Å². The van der Waals surface area contributed by atoms with Gasteiger partial charge in [-0.1, -0.05) is 0 Å². The molecule has 1 aromatic carbocycles. The number of nitrogens with two attached hydrogens (primary N) is 1. The van der Waals surface area contributed by atoms with Gasteiger partial charge in [-0.15, -0.1) is 11.3 Å². The van der Waals surface area contributed by atoms with Gasteiger partial charge in [0, 0.05) is 36.2 Å². The summed E-state index contributed by atoms with van der Waals surface area (Å²) in [7, 11) is 3.70. The molecule has 0 saturated heterocycles. The fourth-order valence-corrected chi connectivity index (χ4v) is 4.24. The lowest BCUT2D eigenvalue weighted by molar-refractivity contribution is 0.104. The Labute approximate surface area is 150 Å². The number of ether oxygens (including phenoxy) is 1. The van der Waals surface area contributed by atoms with Crippen molar-refractivity contribution in [2.75, 3.05) is 26.4 Å². The normalized spacial score (nSPS) is 14.5. The van der Waals surface area contributed by atoms with Gasteiger partial charge in [-0.3, -0.25) is 4.79 Å². The number of methoxy groups -OCH3 is 1. The Morgan fingerprint density at radius 3 is 2.80 bits per heavy atom. The first-order valence-corrected chi connectivity index (χ1v) is 8.96. The van der Waals surface area contributed by atoms with Gasteiger partial charge in [0.1, 0.15) is 15.5 Å². The maximum Gasteiger partial charge on any atom is 0.205 e. The molecule has 0 amide bonds. The van der Waals surface area contributed by atoms with Gasteiger partial charge in [-0.05, 0) is 42.9 Å². The summed E-state index contributed by atoms with van der Waals surface area (Å²) < 4.78 is 5.14. The third-order valence-corrected chi connectivity index (χ3v) is 5.73. The highest BCUT2D eigenvalue weighted by atomic mass is 32.1. The third kappa shape index (κ3) is 2.77. The fraction of sp³-hybridized carbons (Fsp3) is 0.263. The second-order valence-electron chi connectivity index (χ2n) is 6.34. The smallest absolute Gasteiger partial charge is 0.205 e. The van der Waals surface area contributed by atoms with Gasteiger partial charge in [0.15, 0.2) is 0 Å². The van der Waals surface area contributed by atoms with Crippen molar-refractivity contribution < 1.29 is 9.53 Å². The Kier molecular flexibility index (Phi) is 3.94. The van der Waals surface area contributed by atoms with E-state index in [4.69, 9.17) is 15.5 Å². The zero-order valence-electron chi connectivity index (χ0n) is 14.2. The van der Waals surface area contributed by atoms with E-state index >= 15 is 0 Å². The van der Waals surface area contributed by atoms with Crippen molar-refractivity contribution >= 4 is 33.0 Å². The van der Waals surface area contributed by atoms with Crippen LogP contribution in [0.1, 0.15) is 26.5 Å². The average molecular weight is 353 g/mol. The summed E-state index contributed by atoms with van der Waals surface area (Å²) in [6, 6.07) is 9.19. The number of anilines is 1. The number of hydrogen-bond acceptors (Lipinski definition) is 6. The molecule has 6 heteroatoms. The highest BCUT2D eigenvalue weighted by molar-refractivity contribution is 7.21. The number of thiophene rings is 1.